The fraction of sp³-hybridized carbons (Fsp3) is 0.500. The minimum Gasteiger partial charge on any atom is -0.298 e. The van der Waals surface area contributed by atoms with Crippen LogP contribution in [0.2, 0.25) is 0 Å². The highest BCUT2D eigenvalue weighted by Gasteiger charge is 2.57. The number of rotatable bonds is 3. The number of hydrogen-bond acceptors (Lipinski definition) is 3. The Hall–Kier alpha value is -2.00. The van der Waals surface area contributed by atoms with Crippen LogP contribution in [0.3, 0.4) is 0 Å². The molecule has 1 aliphatic heterocycles. The first kappa shape index (κ1) is 17.1. The summed E-state index contributed by atoms with van der Waals surface area (Å²) in [5, 5.41) is 0. The van der Waals surface area contributed by atoms with Crippen molar-refractivity contribution in [2.45, 2.75) is 51.1 Å². The zero-order valence-electron chi connectivity index (χ0n) is 16.1. The molecule has 3 aliphatic rings. The van der Waals surface area contributed by atoms with E-state index >= 15 is 0 Å². The number of aldehydes is 1. The van der Waals surface area contributed by atoms with Crippen molar-refractivity contribution >= 4 is 6.29 Å². The monoisotopic (exact) mass is 360 g/mol. The molecule has 27 heavy (non-hydrogen) atoms. The van der Waals surface area contributed by atoms with Gasteiger partial charge in [-0.15, -0.1) is 0 Å². The molecule has 2 aliphatic carbocycles. The van der Waals surface area contributed by atoms with Crippen molar-refractivity contribution in [2.75, 3.05) is 6.54 Å². The quantitative estimate of drug-likeness (QED) is 0.750. The Labute approximate surface area is 161 Å². The second kappa shape index (κ2) is 6.56. The Balaban J connectivity index is 1.66. The number of aromatic nitrogens is 1. The van der Waals surface area contributed by atoms with E-state index in [4.69, 9.17) is 4.98 Å². The molecule has 1 saturated heterocycles. The molecule has 3 heteroatoms. The lowest BCUT2D eigenvalue weighted by molar-refractivity contribution is -0.0968. The van der Waals surface area contributed by atoms with Gasteiger partial charge in [-0.25, -0.2) is 0 Å². The molecule has 0 N–H and O–H groups in total. The number of carbonyl (C=O) groups excluding carboxylic acids is 1. The number of piperidine rings is 1. The Bertz CT molecular complexity index is 849. The molecule has 2 aromatic rings. The summed E-state index contributed by atoms with van der Waals surface area (Å²) in [5.74, 6) is 2.15. The minimum atomic E-state index is 0.0516. The average Bonchev–Trinajstić information content (AvgIpc) is 2.69. The highest BCUT2D eigenvalue weighted by Crippen LogP contribution is 2.59. The largest absolute Gasteiger partial charge is 0.298 e. The van der Waals surface area contributed by atoms with Crippen molar-refractivity contribution in [3.63, 3.8) is 0 Å². The molecule has 0 amide bonds. The maximum atomic E-state index is 11.5. The molecular formula is C24H28N2O. The summed E-state index contributed by atoms with van der Waals surface area (Å²) in [6.45, 7) is 4.54. The van der Waals surface area contributed by atoms with Crippen LogP contribution in [-0.4, -0.2) is 22.7 Å². The lowest BCUT2D eigenvalue weighted by atomic mass is 9.53. The summed E-state index contributed by atoms with van der Waals surface area (Å²) >= 11 is 0. The first-order valence-corrected chi connectivity index (χ1v) is 10.4. The molecule has 0 radical (unpaired) electrons. The number of hydrogen-bond donors (Lipinski definition) is 0. The second-order valence-corrected chi connectivity index (χ2v) is 8.97. The highest BCUT2D eigenvalue weighted by atomic mass is 16.1. The van der Waals surface area contributed by atoms with E-state index in [-0.39, 0.29) is 5.54 Å². The molecule has 0 unspecified atom stereocenters. The first-order chi connectivity index (χ1) is 13.2. The van der Waals surface area contributed by atoms with Gasteiger partial charge in [0.1, 0.15) is 0 Å². The first-order valence-electron chi connectivity index (χ1n) is 10.4. The van der Waals surface area contributed by atoms with Gasteiger partial charge in [-0.2, -0.15) is 0 Å². The van der Waals surface area contributed by atoms with Gasteiger partial charge >= 0.3 is 0 Å². The average molecular weight is 361 g/mol. The van der Waals surface area contributed by atoms with E-state index in [2.05, 4.69) is 48.2 Å². The molecule has 5 rings (SSSR count). The molecule has 4 atom stereocenters. The second-order valence-electron chi connectivity index (χ2n) is 8.97. The lowest BCUT2D eigenvalue weighted by Gasteiger charge is -2.61. The van der Waals surface area contributed by atoms with Crippen LogP contribution in [0.1, 0.15) is 59.8 Å². The van der Waals surface area contributed by atoms with Crippen LogP contribution in [0, 0.1) is 17.8 Å². The molecule has 1 aromatic carbocycles. The van der Waals surface area contributed by atoms with Crippen molar-refractivity contribution in [1.82, 2.24) is 9.88 Å². The number of likely N-dealkylation sites (tertiary alicyclic amines) is 1. The third kappa shape index (κ3) is 2.67. The van der Waals surface area contributed by atoms with Gasteiger partial charge in [0.25, 0.3) is 0 Å². The van der Waals surface area contributed by atoms with Crippen molar-refractivity contribution in [2.24, 2.45) is 17.8 Å². The Morgan fingerprint density at radius 1 is 1.30 bits per heavy atom. The van der Waals surface area contributed by atoms with Gasteiger partial charge in [0, 0.05) is 24.0 Å². The lowest BCUT2D eigenvalue weighted by Crippen LogP contribution is -2.61. The normalized spacial score (nSPS) is 32.4. The van der Waals surface area contributed by atoms with Crippen molar-refractivity contribution in [3.8, 4) is 0 Å². The van der Waals surface area contributed by atoms with Crippen LogP contribution in [0.4, 0.5) is 0 Å². The van der Waals surface area contributed by atoms with Crippen LogP contribution in [0.15, 0.2) is 42.6 Å². The third-order valence-corrected chi connectivity index (χ3v) is 7.32. The predicted molar refractivity (Wildman–Crippen MR) is 106 cm³/mol. The maximum absolute atomic E-state index is 11.5. The smallest absolute Gasteiger partial charge is 0.151 e. The molecule has 1 aromatic heterocycles. The molecule has 2 bridgehead atoms. The molecular weight excluding hydrogens is 332 g/mol. The van der Waals surface area contributed by atoms with Crippen LogP contribution in [0.25, 0.3) is 0 Å². The van der Waals surface area contributed by atoms with Crippen LogP contribution in [-0.2, 0) is 18.5 Å². The molecule has 1 saturated carbocycles. The molecule has 0 spiro atoms. The van der Waals surface area contributed by atoms with E-state index in [9.17, 15) is 4.79 Å². The number of nitrogens with zero attached hydrogens (tertiary/aromatic N) is 2. The van der Waals surface area contributed by atoms with E-state index in [1.165, 1.54) is 42.5 Å². The summed E-state index contributed by atoms with van der Waals surface area (Å²) in [6.07, 6.45) is 8.92. The van der Waals surface area contributed by atoms with Gasteiger partial charge < -0.3 is 0 Å². The van der Waals surface area contributed by atoms with Crippen molar-refractivity contribution in [1.29, 1.82) is 0 Å². The summed E-state index contributed by atoms with van der Waals surface area (Å²) in [7, 11) is 0. The molecule has 2 heterocycles. The molecule has 3 nitrogen and oxygen atoms in total. The van der Waals surface area contributed by atoms with Crippen LogP contribution < -0.4 is 0 Å². The van der Waals surface area contributed by atoms with Crippen molar-refractivity contribution in [3.05, 3.63) is 65.0 Å². The zero-order chi connectivity index (χ0) is 18.4. The van der Waals surface area contributed by atoms with E-state index in [0.29, 0.717) is 5.92 Å². The number of benzene rings is 1. The zero-order valence-corrected chi connectivity index (χ0v) is 16.1. The molecule has 140 valence electrons. The summed E-state index contributed by atoms with van der Waals surface area (Å²) in [4.78, 5) is 19.0. The number of pyridine rings is 1. The Morgan fingerprint density at radius 3 is 2.96 bits per heavy atom. The Morgan fingerprint density at radius 2 is 2.15 bits per heavy atom. The van der Waals surface area contributed by atoms with Gasteiger partial charge in [-0.3, -0.25) is 14.7 Å². The van der Waals surface area contributed by atoms with Gasteiger partial charge in [0.15, 0.2) is 6.29 Å². The van der Waals surface area contributed by atoms with Gasteiger partial charge in [-0.05, 0) is 73.6 Å². The predicted octanol–water partition coefficient (Wildman–Crippen LogP) is 4.60. The highest BCUT2D eigenvalue weighted by molar-refractivity contribution is 5.74. The van der Waals surface area contributed by atoms with E-state index in [1.54, 1.807) is 6.20 Å². The molecule has 2 fully saturated rings. The minimum absolute atomic E-state index is 0.0516. The fourth-order valence-electron chi connectivity index (χ4n) is 6.47. The topological polar surface area (TPSA) is 33.2 Å². The van der Waals surface area contributed by atoms with Crippen LogP contribution in [0.5, 0.6) is 0 Å². The summed E-state index contributed by atoms with van der Waals surface area (Å²) < 4.78 is 0. The van der Waals surface area contributed by atoms with Gasteiger partial charge in [0.2, 0.25) is 0 Å². The van der Waals surface area contributed by atoms with Gasteiger partial charge in [-0.1, -0.05) is 37.3 Å². The number of carbonyl (C=O) groups is 1. The van der Waals surface area contributed by atoms with E-state index in [0.717, 1.165) is 43.2 Å². The SMILES string of the molecule is C[C@@H]1C[C@H]2Cc3ncc(C=O)cc3[C@@]3(C1)[C@@H]2CCCN3Cc1ccccc1. The summed E-state index contributed by atoms with van der Waals surface area (Å²) in [6, 6.07) is 13.0. The maximum Gasteiger partial charge on any atom is 0.151 e. The Kier molecular flexibility index (Phi) is 4.16. The van der Waals surface area contributed by atoms with Gasteiger partial charge in [0.05, 0.1) is 5.54 Å². The van der Waals surface area contributed by atoms with Crippen molar-refractivity contribution < 1.29 is 4.79 Å². The fourth-order valence-corrected chi connectivity index (χ4v) is 6.47. The van der Waals surface area contributed by atoms with Crippen LogP contribution >= 0.6 is 0 Å². The van der Waals surface area contributed by atoms with E-state index < -0.39 is 0 Å². The summed E-state index contributed by atoms with van der Waals surface area (Å²) in [5.41, 5.74) is 4.76. The van der Waals surface area contributed by atoms with E-state index in [1.807, 2.05) is 0 Å². The third-order valence-electron chi connectivity index (χ3n) is 7.32. The number of fused-ring (bicyclic) bond motifs is 1. The standard InChI is InChI=1S/C24H28N2O/c1-17-10-20-12-23-22(11-19(16-27)14-25-23)24(13-17)21(20)8-5-9-26(24)15-18-6-3-2-4-7-18/h2-4,6-7,11,14,16-17,20-21H,5,8-10,12-13,15H2,1H3/t17-,20+,21-,24-/m1/s1.